The van der Waals surface area contributed by atoms with Crippen molar-refractivity contribution < 1.29 is 0 Å². The number of nitrogens with zero attached hydrogens (tertiary/aromatic N) is 4. The third-order valence-electron chi connectivity index (χ3n) is 12.6. The number of para-hydroxylation sites is 2. The summed E-state index contributed by atoms with van der Waals surface area (Å²) >= 11 is 3.77. The summed E-state index contributed by atoms with van der Waals surface area (Å²) in [6.07, 6.45) is 7.67. The maximum Gasteiger partial charge on any atom is 0.0556 e. The van der Waals surface area contributed by atoms with Crippen LogP contribution in [0.3, 0.4) is 0 Å². The predicted molar refractivity (Wildman–Crippen MR) is 242 cm³/mol. The zero-order chi connectivity index (χ0) is 37.3. The fraction of sp³-hybridized carbons (Fsp3) is 0.240. The van der Waals surface area contributed by atoms with Crippen LogP contribution in [-0.2, 0) is 0 Å². The molecule has 4 nitrogen and oxygen atoms in total. The molecule has 0 atom stereocenters. The first-order valence-electron chi connectivity index (χ1n) is 20.4. The highest BCUT2D eigenvalue weighted by Gasteiger charge is 2.26. The average molecular weight is 767 g/mol. The van der Waals surface area contributed by atoms with Crippen LogP contribution in [0.5, 0.6) is 0 Å². The van der Waals surface area contributed by atoms with Gasteiger partial charge in [0.15, 0.2) is 0 Å². The molecule has 0 spiro atoms. The van der Waals surface area contributed by atoms with E-state index in [1.807, 2.05) is 23.5 Å². The monoisotopic (exact) mass is 766 g/mol. The molecule has 2 fully saturated rings. The fourth-order valence-corrected chi connectivity index (χ4v) is 12.0. The van der Waals surface area contributed by atoms with E-state index in [1.165, 1.54) is 136 Å². The van der Waals surface area contributed by atoms with Gasteiger partial charge in [-0.1, -0.05) is 72.1 Å². The smallest absolute Gasteiger partial charge is 0.0556 e. The predicted octanol–water partition coefficient (Wildman–Crippen LogP) is 13.8. The largest absolute Gasteiger partial charge is 0.372 e. The van der Waals surface area contributed by atoms with Gasteiger partial charge in [-0.2, -0.15) is 0 Å². The highest BCUT2D eigenvalue weighted by atomic mass is 32.2. The molecule has 7 aromatic rings. The van der Waals surface area contributed by atoms with E-state index in [0.717, 1.165) is 26.2 Å². The summed E-state index contributed by atoms with van der Waals surface area (Å²) in [5.41, 5.74) is 13.0. The first kappa shape index (κ1) is 34.2. The van der Waals surface area contributed by atoms with Crippen LogP contribution in [0.2, 0.25) is 0 Å². The Morgan fingerprint density at radius 1 is 0.375 bits per heavy atom. The van der Waals surface area contributed by atoms with Crippen LogP contribution in [-0.4, -0.2) is 40.3 Å². The van der Waals surface area contributed by atoms with Gasteiger partial charge < -0.3 is 19.6 Å². The van der Waals surface area contributed by atoms with E-state index in [0.29, 0.717) is 0 Å². The molecule has 0 N–H and O–H groups in total. The molecule has 0 radical (unpaired) electrons. The van der Waals surface area contributed by atoms with Crippen molar-refractivity contribution in [1.82, 2.24) is 0 Å². The lowest BCUT2D eigenvalue weighted by Gasteiger charge is -2.32. The fourth-order valence-electron chi connectivity index (χ4n) is 9.70. The van der Waals surface area contributed by atoms with E-state index >= 15 is 0 Å². The normalized spacial score (nSPS) is 16.5. The molecule has 56 heavy (non-hydrogen) atoms. The van der Waals surface area contributed by atoms with Crippen LogP contribution in [0.4, 0.5) is 34.1 Å². The number of anilines is 6. The van der Waals surface area contributed by atoms with Crippen LogP contribution in [0.25, 0.3) is 43.8 Å². The molecule has 0 unspecified atom stereocenters. The number of hydrogen-bond acceptors (Lipinski definition) is 6. The molecule has 7 aromatic carbocycles. The Morgan fingerprint density at radius 2 is 0.786 bits per heavy atom. The molecule has 4 heterocycles. The topological polar surface area (TPSA) is 13.0 Å². The quantitative estimate of drug-likeness (QED) is 0.164. The van der Waals surface area contributed by atoms with Crippen molar-refractivity contribution in [1.29, 1.82) is 0 Å². The zero-order valence-electron chi connectivity index (χ0n) is 32.2. The maximum absolute atomic E-state index is 2.62. The van der Waals surface area contributed by atoms with Gasteiger partial charge in [-0.25, -0.2) is 0 Å². The van der Waals surface area contributed by atoms with Crippen LogP contribution in [0.15, 0.2) is 141 Å². The number of hydrogen-bond donors (Lipinski definition) is 0. The lowest BCUT2D eigenvalue weighted by atomic mass is 9.85. The van der Waals surface area contributed by atoms with E-state index in [-0.39, 0.29) is 0 Å². The average Bonchev–Trinajstić information content (AvgIpc) is 3.26. The molecule has 0 aromatic heterocycles. The van der Waals surface area contributed by atoms with Crippen LogP contribution < -0.4 is 19.6 Å². The second-order valence-electron chi connectivity index (χ2n) is 15.9. The Bertz CT molecular complexity index is 2490. The van der Waals surface area contributed by atoms with Crippen molar-refractivity contribution in [3.05, 3.63) is 121 Å². The molecule has 0 bridgehead atoms. The van der Waals surface area contributed by atoms with Gasteiger partial charge in [0.1, 0.15) is 0 Å². The molecule has 2 saturated heterocycles. The third kappa shape index (κ3) is 5.67. The molecule has 278 valence electrons. The van der Waals surface area contributed by atoms with E-state index in [9.17, 15) is 0 Å². The highest BCUT2D eigenvalue weighted by Crippen LogP contribution is 2.53. The van der Waals surface area contributed by atoms with Crippen molar-refractivity contribution in [3.8, 4) is 22.3 Å². The Hall–Kier alpha value is -5.04. The van der Waals surface area contributed by atoms with Crippen molar-refractivity contribution in [2.24, 2.45) is 0 Å². The van der Waals surface area contributed by atoms with Gasteiger partial charge in [0.2, 0.25) is 0 Å². The first-order chi connectivity index (χ1) is 27.6. The SMILES string of the molecule is CN1c2ccccc2Sc2ccc(-c3c4ccc(N5CCCCC5)cc4c(-c4ccc5c(c4)N(C)c4ccccc4S5)c4ccc(N5CCCCC5)cc34)cc21. The van der Waals surface area contributed by atoms with E-state index in [4.69, 9.17) is 0 Å². The summed E-state index contributed by atoms with van der Waals surface area (Å²) in [7, 11) is 4.45. The minimum absolute atomic E-state index is 1.12. The van der Waals surface area contributed by atoms with E-state index in [1.54, 1.807) is 0 Å². The highest BCUT2D eigenvalue weighted by molar-refractivity contribution is 8.00. The van der Waals surface area contributed by atoms with Crippen LogP contribution >= 0.6 is 23.5 Å². The lowest BCUT2D eigenvalue weighted by Crippen LogP contribution is -2.29. The van der Waals surface area contributed by atoms with Crippen molar-refractivity contribution in [2.45, 2.75) is 58.1 Å². The van der Waals surface area contributed by atoms with Gasteiger partial charge in [-0.05, 0) is 155 Å². The van der Waals surface area contributed by atoms with Gasteiger partial charge in [-0.3, -0.25) is 0 Å². The van der Waals surface area contributed by atoms with Gasteiger partial charge in [0.25, 0.3) is 0 Å². The van der Waals surface area contributed by atoms with Crippen LogP contribution in [0.1, 0.15) is 38.5 Å². The molecule has 6 heteroatoms. The number of fused-ring (bicyclic) bond motifs is 6. The molecule has 4 aliphatic rings. The second-order valence-corrected chi connectivity index (χ2v) is 18.1. The Balaban J connectivity index is 1.18. The van der Waals surface area contributed by atoms with Gasteiger partial charge >= 0.3 is 0 Å². The van der Waals surface area contributed by atoms with Crippen molar-refractivity contribution >= 4 is 79.2 Å². The number of benzene rings is 7. The third-order valence-corrected chi connectivity index (χ3v) is 14.9. The summed E-state index contributed by atoms with van der Waals surface area (Å²) in [5, 5.41) is 5.31. The molecule has 0 saturated carbocycles. The summed E-state index contributed by atoms with van der Waals surface area (Å²) < 4.78 is 0. The Morgan fingerprint density at radius 3 is 1.23 bits per heavy atom. The summed E-state index contributed by atoms with van der Waals surface area (Å²) in [5.74, 6) is 0. The Labute approximate surface area is 339 Å². The molecule has 0 aliphatic carbocycles. The number of piperidine rings is 2. The van der Waals surface area contributed by atoms with Gasteiger partial charge in [0.05, 0.1) is 22.7 Å². The summed E-state index contributed by atoms with van der Waals surface area (Å²) in [4.78, 5) is 15.2. The van der Waals surface area contributed by atoms with E-state index in [2.05, 4.69) is 155 Å². The van der Waals surface area contributed by atoms with Gasteiger partial charge in [0, 0.05) is 71.2 Å². The molecular formula is C50H46N4S2. The van der Waals surface area contributed by atoms with Crippen molar-refractivity contribution in [2.75, 3.05) is 59.9 Å². The number of rotatable bonds is 4. The standard InChI is InChI=1S/C50H46N4S2/c1-51-41-13-5-7-15-45(41)55-47-23-17-33(29-43(47)51)49-37-21-19-36(54-27-11-4-12-28-54)32-40(37)50(38-22-20-35(31-39(38)49)53-25-9-3-10-26-53)34-18-24-48-44(30-34)52(2)42-14-6-8-16-46(42)56-48/h5-8,13-24,29-32H,3-4,9-12,25-28H2,1-2H3. The van der Waals surface area contributed by atoms with Crippen LogP contribution in [0, 0.1) is 0 Å². The van der Waals surface area contributed by atoms with E-state index < -0.39 is 0 Å². The van der Waals surface area contributed by atoms with Crippen molar-refractivity contribution in [3.63, 3.8) is 0 Å². The first-order valence-corrected chi connectivity index (χ1v) is 22.1. The Kier molecular flexibility index (Phi) is 8.47. The second kappa shape index (κ2) is 13.9. The molecule has 11 rings (SSSR count). The molecular weight excluding hydrogens is 721 g/mol. The molecule has 0 amide bonds. The maximum atomic E-state index is 2.62. The zero-order valence-corrected chi connectivity index (χ0v) is 33.9. The summed E-state index contributed by atoms with van der Waals surface area (Å²) in [6, 6.07) is 46.8. The van der Waals surface area contributed by atoms with Gasteiger partial charge in [-0.15, -0.1) is 0 Å². The summed E-state index contributed by atoms with van der Waals surface area (Å²) in [6.45, 7) is 4.49. The minimum atomic E-state index is 1.12. The molecule has 4 aliphatic heterocycles. The lowest BCUT2D eigenvalue weighted by molar-refractivity contribution is 0.578. The minimum Gasteiger partial charge on any atom is -0.372 e.